The molecule has 1 atom stereocenters. The molecule has 0 saturated heterocycles. The van der Waals surface area contributed by atoms with Gasteiger partial charge in [-0.3, -0.25) is 9.78 Å². The Morgan fingerprint density at radius 2 is 2.00 bits per heavy atom. The van der Waals surface area contributed by atoms with Crippen molar-refractivity contribution in [1.29, 1.82) is 0 Å². The van der Waals surface area contributed by atoms with Crippen molar-refractivity contribution < 1.29 is 18.3 Å². The number of carbonyl (C=O) groups is 1. The minimum atomic E-state index is -2.98. The monoisotopic (exact) mass is 453 g/mol. The van der Waals surface area contributed by atoms with Gasteiger partial charge in [0.1, 0.15) is 5.75 Å². The Morgan fingerprint density at radius 3 is 2.63 bits per heavy atom. The molecule has 0 bridgehead atoms. The number of hydrogen-bond acceptors (Lipinski definition) is 6. The Kier molecular flexibility index (Phi) is 7.22. The predicted octanol–water partition coefficient (Wildman–Crippen LogP) is 4.73. The van der Waals surface area contributed by atoms with E-state index in [0.717, 1.165) is 5.56 Å². The van der Waals surface area contributed by atoms with Crippen LogP contribution < -0.4 is 10.1 Å². The van der Waals surface area contributed by atoms with Crippen molar-refractivity contribution in [3.8, 4) is 17.1 Å². The Morgan fingerprint density at radius 1 is 1.27 bits per heavy atom. The van der Waals surface area contributed by atoms with Gasteiger partial charge < -0.3 is 14.6 Å². The van der Waals surface area contributed by atoms with Crippen LogP contribution in [0.15, 0.2) is 47.9 Å². The molecule has 158 valence electrons. The highest BCUT2D eigenvalue weighted by Gasteiger charge is 2.21. The van der Waals surface area contributed by atoms with E-state index in [9.17, 15) is 13.6 Å². The van der Waals surface area contributed by atoms with Crippen molar-refractivity contribution in [3.05, 3.63) is 47.7 Å². The van der Waals surface area contributed by atoms with E-state index >= 15 is 0 Å². The minimum absolute atomic E-state index is 0.0267. The first kappa shape index (κ1) is 22.0. The van der Waals surface area contributed by atoms with Crippen molar-refractivity contribution in [2.75, 3.05) is 5.32 Å². The topological polar surface area (TPSA) is 81.9 Å². The molecule has 0 aliphatic heterocycles. The molecule has 11 heteroatoms. The van der Waals surface area contributed by atoms with Crippen LogP contribution in [0.4, 0.5) is 14.5 Å². The van der Waals surface area contributed by atoms with E-state index in [-0.39, 0.29) is 16.7 Å². The normalized spacial score (nSPS) is 12.1. The van der Waals surface area contributed by atoms with Crippen molar-refractivity contribution in [2.45, 2.75) is 37.4 Å². The number of nitrogens with zero attached hydrogens (tertiary/aromatic N) is 4. The third kappa shape index (κ3) is 5.25. The third-order valence-corrected chi connectivity index (χ3v) is 5.41. The minimum Gasteiger partial charge on any atom is -0.433 e. The van der Waals surface area contributed by atoms with Crippen molar-refractivity contribution >= 4 is 35.0 Å². The van der Waals surface area contributed by atoms with Gasteiger partial charge in [-0.25, -0.2) is 0 Å². The molecule has 1 N–H and O–H groups in total. The van der Waals surface area contributed by atoms with Crippen LogP contribution in [0.2, 0.25) is 5.02 Å². The molecular formula is C19H18ClF2N5O2S. The van der Waals surface area contributed by atoms with Crippen LogP contribution in [0.5, 0.6) is 5.75 Å². The SMILES string of the molecule is CCn1c(SC(C)C(=O)Nc2ccc(OC(F)F)c(Cl)c2)nnc1-c1ccncc1. The highest BCUT2D eigenvalue weighted by Crippen LogP contribution is 2.30. The van der Waals surface area contributed by atoms with Gasteiger partial charge in [-0.2, -0.15) is 8.78 Å². The van der Waals surface area contributed by atoms with Gasteiger partial charge in [0.05, 0.1) is 10.3 Å². The second-order valence-corrected chi connectivity index (χ2v) is 7.77. The first-order valence-corrected chi connectivity index (χ1v) is 10.2. The average molecular weight is 454 g/mol. The number of rotatable bonds is 8. The average Bonchev–Trinajstić information content (AvgIpc) is 3.12. The maximum atomic E-state index is 12.6. The molecule has 7 nitrogen and oxygen atoms in total. The number of amides is 1. The quantitative estimate of drug-likeness (QED) is 0.496. The van der Waals surface area contributed by atoms with Crippen LogP contribution in [0.3, 0.4) is 0 Å². The number of aromatic nitrogens is 4. The molecule has 1 aromatic carbocycles. The number of alkyl halides is 2. The predicted molar refractivity (Wildman–Crippen MR) is 111 cm³/mol. The number of benzene rings is 1. The summed E-state index contributed by atoms with van der Waals surface area (Å²) in [6.45, 7) is 1.35. The Labute approximate surface area is 180 Å². The fraction of sp³-hybridized carbons (Fsp3) is 0.263. The van der Waals surface area contributed by atoms with Gasteiger partial charge in [0.2, 0.25) is 5.91 Å². The number of hydrogen-bond donors (Lipinski definition) is 1. The Hall–Kier alpha value is -2.72. The lowest BCUT2D eigenvalue weighted by atomic mass is 10.2. The molecule has 30 heavy (non-hydrogen) atoms. The van der Waals surface area contributed by atoms with E-state index in [1.165, 1.54) is 30.0 Å². The number of thioether (sulfide) groups is 1. The Balaban J connectivity index is 1.69. The summed E-state index contributed by atoms with van der Waals surface area (Å²) in [5.74, 6) is 0.234. The van der Waals surface area contributed by atoms with Crippen LogP contribution >= 0.6 is 23.4 Å². The molecule has 0 fully saturated rings. The van der Waals surface area contributed by atoms with E-state index in [4.69, 9.17) is 11.6 Å². The molecular weight excluding hydrogens is 436 g/mol. The summed E-state index contributed by atoms with van der Waals surface area (Å²) < 4.78 is 30.9. The van der Waals surface area contributed by atoms with Gasteiger partial charge in [0, 0.05) is 30.2 Å². The van der Waals surface area contributed by atoms with E-state index in [2.05, 4.69) is 25.2 Å². The van der Waals surface area contributed by atoms with E-state index in [1.54, 1.807) is 19.3 Å². The first-order valence-electron chi connectivity index (χ1n) is 8.94. The molecule has 1 unspecified atom stereocenters. The van der Waals surface area contributed by atoms with Gasteiger partial charge in [-0.15, -0.1) is 10.2 Å². The summed E-state index contributed by atoms with van der Waals surface area (Å²) in [6.07, 6.45) is 3.35. The zero-order valence-corrected chi connectivity index (χ0v) is 17.6. The lowest BCUT2D eigenvalue weighted by molar-refractivity contribution is -0.115. The molecule has 3 rings (SSSR count). The molecule has 0 aliphatic rings. The van der Waals surface area contributed by atoms with Gasteiger partial charge in [-0.05, 0) is 44.2 Å². The number of anilines is 1. The first-order chi connectivity index (χ1) is 14.4. The van der Waals surface area contributed by atoms with Gasteiger partial charge >= 0.3 is 6.61 Å². The highest BCUT2D eigenvalue weighted by molar-refractivity contribution is 8.00. The number of halogens is 3. The largest absolute Gasteiger partial charge is 0.433 e. The van der Waals surface area contributed by atoms with Gasteiger partial charge in [0.25, 0.3) is 0 Å². The van der Waals surface area contributed by atoms with Crippen molar-refractivity contribution in [2.24, 2.45) is 0 Å². The van der Waals surface area contributed by atoms with Crippen LogP contribution in [0.25, 0.3) is 11.4 Å². The number of pyridine rings is 1. The molecule has 2 heterocycles. The van der Waals surface area contributed by atoms with E-state index in [1.807, 2.05) is 23.6 Å². The molecule has 0 saturated carbocycles. The summed E-state index contributed by atoms with van der Waals surface area (Å²) in [5, 5.41) is 11.2. The highest BCUT2D eigenvalue weighted by atomic mass is 35.5. The summed E-state index contributed by atoms with van der Waals surface area (Å²) >= 11 is 7.18. The second-order valence-electron chi connectivity index (χ2n) is 6.06. The lowest BCUT2D eigenvalue weighted by Gasteiger charge is -2.14. The van der Waals surface area contributed by atoms with Crippen LogP contribution in [-0.2, 0) is 11.3 Å². The summed E-state index contributed by atoms with van der Waals surface area (Å²) in [5.41, 5.74) is 1.25. The standard InChI is InChI=1S/C19H18ClF2N5O2S/c1-3-27-16(12-6-8-23-9-7-12)25-26-19(27)30-11(2)17(28)24-13-4-5-15(14(20)10-13)29-18(21)22/h4-11,18H,3H2,1-2H3,(H,24,28). The number of carbonyl (C=O) groups excluding carboxylic acids is 1. The van der Waals surface area contributed by atoms with Crippen molar-refractivity contribution in [1.82, 2.24) is 19.7 Å². The van der Waals surface area contributed by atoms with Gasteiger partial charge in [-0.1, -0.05) is 23.4 Å². The van der Waals surface area contributed by atoms with Gasteiger partial charge in [0.15, 0.2) is 11.0 Å². The molecule has 0 radical (unpaired) electrons. The zero-order valence-electron chi connectivity index (χ0n) is 16.1. The molecule has 0 aliphatic carbocycles. The maximum Gasteiger partial charge on any atom is 0.387 e. The molecule has 3 aromatic rings. The Bertz CT molecular complexity index is 1020. The fourth-order valence-electron chi connectivity index (χ4n) is 2.60. The summed E-state index contributed by atoms with van der Waals surface area (Å²) in [4.78, 5) is 16.6. The molecule has 1 amide bonds. The van der Waals surface area contributed by atoms with E-state index in [0.29, 0.717) is 23.2 Å². The van der Waals surface area contributed by atoms with Crippen LogP contribution in [0.1, 0.15) is 13.8 Å². The second kappa shape index (κ2) is 9.86. The van der Waals surface area contributed by atoms with Crippen LogP contribution in [0, 0.1) is 0 Å². The third-order valence-electron chi connectivity index (χ3n) is 4.04. The maximum absolute atomic E-state index is 12.6. The zero-order chi connectivity index (χ0) is 21.7. The number of nitrogens with one attached hydrogen (secondary N) is 1. The summed E-state index contributed by atoms with van der Waals surface area (Å²) in [6, 6.07) is 7.74. The summed E-state index contributed by atoms with van der Waals surface area (Å²) in [7, 11) is 0. The van der Waals surface area contributed by atoms with E-state index < -0.39 is 11.9 Å². The fourth-order valence-corrected chi connectivity index (χ4v) is 3.74. The lowest BCUT2D eigenvalue weighted by Crippen LogP contribution is -2.23. The smallest absolute Gasteiger partial charge is 0.387 e. The molecule has 2 aromatic heterocycles. The van der Waals surface area contributed by atoms with Crippen molar-refractivity contribution in [3.63, 3.8) is 0 Å². The van der Waals surface area contributed by atoms with Crippen LogP contribution in [-0.4, -0.2) is 37.5 Å². The molecule has 0 spiro atoms. The number of ether oxygens (including phenoxy) is 1.